The molecule has 24 heavy (non-hydrogen) atoms. The van der Waals surface area contributed by atoms with Crippen molar-refractivity contribution in [3.63, 3.8) is 0 Å². The number of amides is 1. The molecule has 0 saturated carbocycles. The van der Waals surface area contributed by atoms with Gasteiger partial charge < -0.3 is 20.9 Å². The first-order valence-corrected chi connectivity index (χ1v) is 9.08. The van der Waals surface area contributed by atoms with Crippen LogP contribution in [0.1, 0.15) is 39.0 Å². The van der Waals surface area contributed by atoms with Gasteiger partial charge in [0.1, 0.15) is 0 Å². The van der Waals surface area contributed by atoms with Gasteiger partial charge in [0.25, 0.3) is 0 Å². The molecule has 6 nitrogen and oxygen atoms in total. The predicted octanol–water partition coefficient (Wildman–Crippen LogP) is 1.50. The Morgan fingerprint density at radius 2 is 1.92 bits per heavy atom. The fourth-order valence-electron chi connectivity index (χ4n) is 3.77. The molecule has 3 N–H and O–H groups in total. The summed E-state index contributed by atoms with van der Waals surface area (Å²) >= 11 is 0. The summed E-state index contributed by atoms with van der Waals surface area (Å²) in [4.78, 5) is 20.8. The van der Waals surface area contributed by atoms with E-state index in [1.165, 1.54) is 19.4 Å². The molecule has 0 aromatic carbocycles. The first kappa shape index (κ1) is 21.5. The van der Waals surface area contributed by atoms with Crippen molar-refractivity contribution in [2.24, 2.45) is 22.6 Å². The Balaban J connectivity index is 0.00000288. The molecule has 2 rings (SSSR count). The van der Waals surface area contributed by atoms with Gasteiger partial charge in [-0.25, -0.2) is 0 Å². The molecule has 7 heteroatoms. The Labute approximate surface area is 163 Å². The standard InChI is InChI=1S/C17H33N5O.HI/c1-3-19-17(20-11-15-7-4-8-21(2)12-15)22-9-5-6-14(13-22)10-16(18)23;/h14-15H,3-13H2,1-2H3,(H2,18,23)(H,19,20);1H. The van der Waals surface area contributed by atoms with Crippen molar-refractivity contribution in [2.75, 3.05) is 46.3 Å². The Kier molecular flexibility index (Phi) is 9.95. The lowest BCUT2D eigenvalue weighted by atomic mass is 9.95. The molecule has 0 aliphatic carbocycles. The van der Waals surface area contributed by atoms with Crippen LogP contribution in [-0.4, -0.2) is 68.0 Å². The molecule has 140 valence electrons. The molecule has 2 saturated heterocycles. The molecule has 2 aliphatic rings. The van der Waals surface area contributed by atoms with E-state index >= 15 is 0 Å². The second kappa shape index (κ2) is 11.1. The highest BCUT2D eigenvalue weighted by atomic mass is 127. The minimum absolute atomic E-state index is 0. The topological polar surface area (TPSA) is 74.0 Å². The number of primary amides is 1. The summed E-state index contributed by atoms with van der Waals surface area (Å²) in [6, 6.07) is 0. The second-order valence-corrected chi connectivity index (χ2v) is 7.09. The largest absolute Gasteiger partial charge is 0.370 e. The van der Waals surface area contributed by atoms with E-state index in [-0.39, 0.29) is 29.9 Å². The summed E-state index contributed by atoms with van der Waals surface area (Å²) in [6.07, 6.45) is 5.24. The van der Waals surface area contributed by atoms with Gasteiger partial charge in [-0.15, -0.1) is 24.0 Å². The zero-order valence-corrected chi connectivity index (χ0v) is 17.5. The SMILES string of the molecule is CCNC(=NCC1CCCN(C)C1)N1CCCC(CC(N)=O)C1.I. The summed E-state index contributed by atoms with van der Waals surface area (Å²) in [6.45, 7) is 8.14. The van der Waals surface area contributed by atoms with Crippen LogP contribution < -0.4 is 11.1 Å². The number of hydrogen-bond donors (Lipinski definition) is 2. The molecular formula is C17H34IN5O. The van der Waals surface area contributed by atoms with Crippen LogP contribution in [0.25, 0.3) is 0 Å². The van der Waals surface area contributed by atoms with Crippen molar-refractivity contribution in [1.82, 2.24) is 15.1 Å². The molecule has 2 unspecified atom stereocenters. The summed E-state index contributed by atoms with van der Waals surface area (Å²) in [5.74, 6) is 1.85. The Morgan fingerprint density at radius 3 is 2.58 bits per heavy atom. The van der Waals surface area contributed by atoms with Gasteiger partial charge in [-0.3, -0.25) is 9.79 Å². The lowest BCUT2D eigenvalue weighted by Gasteiger charge is -2.35. The van der Waals surface area contributed by atoms with Crippen LogP contribution in [0.5, 0.6) is 0 Å². The fraction of sp³-hybridized carbons (Fsp3) is 0.882. The number of piperidine rings is 2. The van der Waals surface area contributed by atoms with E-state index < -0.39 is 0 Å². The number of rotatable bonds is 5. The van der Waals surface area contributed by atoms with Gasteiger partial charge in [0, 0.05) is 39.1 Å². The minimum Gasteiger partial charge on any atom is -0.370 e. The van der Waals surface area contributed by atoms with E-state index in [9.17, 15) is 4.79 Å². The average Bonchev–Trinajstić information content (AvgIpc) is 2.51. The number of nitrogens with one attached hydrogen (secondary N) is 1. The highest BCUT2D eigenvalue weighted by molar-refractivity contribution is 14.0. The zero-order chi connectivity index (χ0) is 16.7. The number of carbonyl (C=O) groups excluding carboxylic acids is 1. The van der Waals surface area contributed by atoms with E-state index in [2.05, 4.69) is 29.1 Å². The van der Waals surface area contributed by atoms with Crippen molar-refractivity contribution in [3.8, 4) is 0 Å². The Hall–Kier alpha value is -0.570. The molecule has 2 fully saturated rings. The maximum absolute atomic E-state index is 11.2. The van der Waals surface area contributed by atoms with Crippen molar-refractivity contribution < 1.29 is 4.79 Å². The lowest BCUT2D eigenvalue weighted by molar-refractivity contribution is -0.119. The van der Waals surface area contributed by atoms with Crippen molar-refractivity contribution in [1.29, 1.82) is 0 Å². The van der Waals surface area contributed by atoms with Crippen LogP contribution in [0.15, 0.2) is 4.99 Å². The molecule has 2 heterocycles. The van der Waals surface area contributed by atoms with Crippen molar-refractivity contribution >= 4 is 35.8 Å². The molecule has 0 aromatic rings. The van der Waals surface area contributed by atoms with Gasteiger partial charge in [-0.05, 0) is 58.0 Å². The van der Waals surface area contributed by atoms with Crippen LogP contribution in [0.4, 0.5) is 0 Å². The zero-order valence-electron chi connectivity index (χ0n) is 15.2. The van der Waals surface area contributed by atoms with E-state index in [4.69, 9.17) is 10.7 Å². The molecule has 0 aromatic heterocycles. The van der Waals surface area contributed by atoms with E-state index in [0.29, 0.717) is 18.3 Å². The molecule has 0 spiro atoms. The van der Waals surface area contributed by atoms with Crippen LogP contribution in [0.3, 0.4) is 0 Å². The fourth-order valence-corrected chi connectivity index (χ4v) is 3.77. The third-order valence-electron chi connectivity index (χ3n) is 4.86. The maximum Gasteiger partial charge on any atom is 0.217 e. The van der Waals surface area contributed by atoms with Gasteiger partial charge in [0.05, 0.1) is 0 Å². The predicted molar refractivity (Wildman–Crippen MR) is 110 cm³/mol. The second-order valence-electron chi connectivity index (χ2n) is 7.09. The van der Waals surface area contributed by atoms with Crippen LogP contribution in [-0.2, 0) is 4.79 Å². The molecule has 2 aliphatic heterocycles. The number of hydrogen-bond acceptors (Lipinski definition) is 3. The summed E-state index contributed by atoms with van der Waals surface area (Å²) in [7, 11) is 2.19. The normalized spacial score (nSPS) is 25.9. The average molecular weight is 451 g/mol. The van der Waals surface area contributed by atoms with Crippen molar-refractivity contribution in [3.05, 3.63) is 0 Å². The Morgan fingerprint density at radius 1 is 1.21 bits per heavy atom. The Bertz CT molecular complexity index is 418. The molecule has 2 atom stereocenters. The van der Waals surface area contributed by atoms with E-state index in [0.717, 1.165) is 51.5 Å². The summed E-state index contributed by atoms with van der Waals surface area (Å²) in [5, 5.41) is 3.42. The number of aliphatic imine (C=N–C) groups is 1. The summed E-state index contributed by atoms with van der Waals surface area (Å²) < 4.78 is 0. The number of guanidine groups is 1. The maximum atomic E-state index is 11.2. The molecule has 0 bridgehead atoms. The third kappa shape index (κ3) is 7.13. The third-order valence-corrected chi connectivity index (χ3v) is 4.86. The summed E-state index contributed by atoms with van der Waals surface area (Å²) in [5.41, 5.74) is 5.36. The molecule has 1 amide bonds. The smallest absolute Gasteiger partial charge is 0.217 e. The first-order chi connectivity index (χ1) is 11.1. The van der Waals surface area contributed by atoms with Crippen LogP contribution >= 0.6 is 24.0 Å². The first-order valence-electron chi connectivity index (χ1n) is 9.08. The highest BCUT2D eigenvalue weighted by Crippen LogP contribution is 2.20. The quantitative estimate of drug-likeness (QED) is 0.378. The lowest BCUT2D eigenvalue weighted by Crippen LogP contribution is -2.47. The van der Waals surface area contributed by atoms with Gasteiger partial charge in [-0.1, -0.05) is 0 Å². The highest BCUT2D eigenvalue weighted by Gasteiger charge is 2.24. The van der Waals surface area contributed by atoms with Gasteiger partial charge in [0.2, 0.25) is 5.91 Å². The van der Waals surface area contributed by atoms with Gasteiger partial charge >= 0.3 is 0 Å². The number of carbonyl (C=O) groups is 1. The van der Waals surface area contributed by atoms with Gasteiger partial charge in [0.15, 0.2) is 5.96 Å². The van der Waals surface area contributed by atoms with Crippen molar-refractivity contribution in [2.45, 2.75) is 39.0 Å². The molecular weight excluding hydrogens is 417 g/mol. The van der Waals surface area contributed by atoms with Gasteiger partial charge in [-0.2, -0.15) is 0 Å². The molecule has 0 radical (unpaired) electrons. The number of nitrogens with two attached hydrogens (primary N) is 1. The number of nitrogens with zero attached hydrogens (tertiary/aromatic N) is 3. The van der Waals surface area contributed by atoms with Crippen LogP contribution in [0.2, 0.25) is 0 Å². The van der Waals surface area contributed by atoms with E-state index in [1.54, 1.807) is 0 Å². The monoisotopic (exact) mass is 451 g/mol. The number of likely N-dealkylation sites (tertiary alicyclic amines) is 2. The van der Waals surface area contributed by atoms with Crippen LogP contribution in [0, 0.1) is 11.8 Å². The number of halogens is 1. The van der Waals surface area contributed by atoms with E-state index in [1.807, 2.05) is 0 Å². The minimum atomic E-state index is -0.191.